The van der Waals surface area contributed by atoms with E-state index in [1.54, 1.807) is 16.8 Å². The van der Waals surface area contributed by atoms with Crippen LogP contribution in [0.25, 0.3) is 5.65 Å². The van der Waals surface area contributed by atoms with Crippen molar-refractivity contribution in [2.75, 3.05) is 6.54 Å². The van der Waals surface area contributed by atoms with Crippen LogP contribution in [0.1, 0.15) is 38.4 Å². The van der Waals surface area contributed by atoms with Crippen molar-refractivity contribution in [1.29, 1.82) is 0 Å². The monoisotopic (exact) mass is 334 g/mol. The van der Waals surface area contributed by atoms with E-state index in [1.165, 1.54) is 11.1 Å². The molecule has 5 nitrogen and oxygen atoms in total. The van der Waals surface area contributed by atoms with E-state index < -0.39 is 0 Å². The van der Waals surface area contributed by atoms with Crippen molar-refractivity contribution in [2.24, 2.45) is 0 Å². The molecule has 0 unspecified atom stereocenters. The van der Waals surface area contributed by atoms with Crippen LogP contribution in [0, 0.1) is 20.8 Å². The van der Waals surface area contributed by atoms with Crippen LogP contribution in [0.3, 0.4) is 0 Å². The number of amides is 1. The van der Waals surface area contributed by atoms with Gasteiger partial charge in [-0.25, -0.2) is 9.50 Å². The fourth-order valence-corrected chi connectivity index (χ4v) is 2.90. The van der Waals surface area contributed by atoms with Crippen molar-refractivity contribution >= 4 is 11.6 Å². The fraction of sp³-hybridized carbons (Fsp3) is 0.250. The van der Waals surface area contributed by atoms with Crippen molar-refractivity contribution in [3.8, 4) is 0 Å². The number of rotatable bonds is 5. The molecule has 1 amide bonds. The number of nitrogens with zero attached hydrogens (tertiary/aromatic N) is 3. The quantitative estimate of drug-likeness (QED) is 0.729. The highest BCUT2D eigenvalue weighted by Crippen LogP contribution is 2.20. The number of carbonyl (C=O) groups excluding carboxylic acids is 1. The summed E-state index contributed by atoms with van der Waals surface area (Å²) in [4.78, 5) is 16.9. The average molecular weight is 334 g/mol. The van der Waals surface area contributed by atoms with Crippen LogP contribution in [-0.4, -0.2) is 27.0 Å². The molecule has 0 aliphatic heterocycles. The van der Waals surface area contributed by atoms with Crippen LogP contribution in [0.5, 0.6) is 0 Å². The molecule has 25 heavy (non-hydrogen) atoms. The lowest BCUT2D eigenvalue weighted by Crippen LogP contribution is -2.23. The third-order valence-corrected chi connectivity index (χ3v) is 4.36. The van der Waals surface area contributed by atoms with E-state index in [-0.39, 0.29) is 5.91 Å². The first-order valence-electron chi connectivity index (χ1n) is 8.29. The summed E-state index contributed by atoms with van der Waals surface area (Å²) in [6.45, 7) is 10.1. The van der Waals surface area contributed by atoms with Crippen molar-refractivity contribution in [2.45, 2.75) is 27.2 Å². The van der Waals surface area contributed by atoms with Crippen molar-refractivity contribution in [3.05, 3.63) is 76.8 Å². The number of fused-ring (bicyclic) bond motifs is 1. The summed E-state index contributed by atoms with van der Waals surface area (Å²) < 4.78 is 1.75. The number of hydrogen-bond donors (Lipinski definition) is 1. The van der Waals surface area contributed by atoms with Gasteiger partial charge in [0.15, 0.2) is 5.65 Å². The molecule has 1 aromatic carbocycles. The Morgan fingerprint density at radius 1 is 1.24 bits per heavy atom. The lowest BCUT2D eigenvalue weighted by atomic mass is 10.0. The van der Waals surface area contributed by atoms with E-state index in [1.807, 2.05) is 13.8 Å². The Morgan fingerprint density at radius 2 is 1.96 bits per heavy atom. The molecule has 2 aromatic heterocycles. The zero-order valence-corrected chi connectivity index (χ0v) is 14.8. The zero-order valence-electron chi connectivity index (χ0n) is 14.8. The lowest BCUT2D eigenvalue weighted by molar-refractivity contribution is 0.0959. The third kappa shape index (κ3) is 3.31. The molecule has 0 spiro atoms. The molecule has 3 aromatic rings. The van der Waals surface area contributed by atoms with Gasteiger partial charge >= 0.3 is 0 Å². The second-order valence-electron chi connectivity index (χ2n) is 6.22. The summed E-state index contributed by atoms with van der Waals surface area (Å²) in [6, 6.07) is 8.50. The maximum Gasteiger partial charge on any atom is 0.257 e. The van der Waals surface area contributed by atoms with E-state index >= 15 is 0 Å². The van der Waals surface area contributed by atoms with Crippen molar-refractivity contribution < 1.29 is 4.79 Å². The number of aromatic nitrogens is 3. The number of hydrogen-bond acceptors (Lipinski definition) is 3. The maximum absolute atomic E-state index is 12.3. The molecule has 0 atom stereocenters. The molecule has 0 saturated carbocycles. The summed E-state index contributed by atoms with van der Waals surface area (Å²) in [5.74, 6) is -0.188. The number of nitrogens with one attached hydrogen (secondary N) is 1. The minimum Gasteiger partial charge on any atom is -0.348 e. The van der Waals surface area contributed by atoms with Gasteiger partial charge in [-0.3, -0.25) is 4.79 Å². The van der Waals surface area contributed by atoms with E-state index in [0.29, 0.717) is 17.8 Å². The number of benzene rings is 1. The molecular weight excluding hydrogens is 312 g/mol. The van der Waals surface area contributed by atoms with Gasteiger partial charge in [0.25, 0.3) is 5.91 Å². The Balaban J connectivity index is 2.00. The van der Waals surface area contributed by atoms with Gasteiger partial charge < -0.3 is 5.32 Å². The highest BCUT2D eigenvalue weighted by molar-refractivity contribution is 5.99. The van der Waals surface area contributed by atoms with Gasteiger partial charge in [0, 0.05) is 24.4 Å². The number of aryl methyl sites for hydroxylation is 3. The Morgan fingerprint density at radius 3 is 2.64 bits per heavy atom. The largest absolute Gasteiger partial charge is 0.348 e. The molecule has 1 N–H and O–H groups in total. The SMILES string of the molecule is C=CCNC(=O)c1cnn2c(C)c(Cc3ccc(C)cc3)c(C)nc12. The molecular formula is C20H22N4O. The van der Waals surface area contributed by atoms with E-state index in [4.69, 9.17) is 0 Å². The zero-order chi connectivity index (χ0) is 18.0. The molecule has 0 aliphatic carbocycles. The smallest absolute Gasteiger partial charge is 0.257 e. The predicted octanol–water partition coefficient (Wildman–Crippen LogP) is 3.16. The highest BCUT2D eigenvalue weighted by atomic mass is 16.1. The van der Waals surface area contributed by atoms with Crippen LogP contribution in [0.15, 0.2) is 43.1 Å². The third-order valence-electron chi connectivity index (χ3n) is 4.36. The Kier molecular flexibility index (Phi) is 4.65. The average Bonchev–Trinajstić information content (AvgIpc) is 3.02. The second-order valence-corrected chi connectivity index (χ2v) is 6.22. The Hall–Kier alpha value is -2.95. The first-order valence-corrected chi connectivity index (χ1v) is 8.29. The van der Waals surface area contributed by atoms with Crippen LogP contribution in [-0.2, 0) is 6.42 Å². The van der Waals surface area contributed by atoms with Gasteiger partial charge in [0.2, 0.25) is 0 Å². The highest BCUT2D eigenvalue weighted by Gasteiger charge is 2.18. The molecule has 0 bridgehead atoms. The fourth-order valence-electron chi connectivity index (χ4n) is 2.90. The first-order chi connectivity index (χ1) is 12.0. The maximum atomic E-state index is 12.3. The molecule has 0 radical (unpaired) electrons. The Bertz CT molecular complexity index is 938. The van der Waals surface area contributed by atoms with Crippen molar-refractivity contribution in [3.63, 3.8) is 0 Å². The summed E-state index contributed by atoms with van der Waals surface area (Å²) in [5, 5.41) is 7.15. The summed E-state index contributed by atoms with van der Waals surface area (Å²) in [7, 11) is 0. The lowest BCUT2D eigenvalue weighted by Gasteiger charge is -2.12. The normalized spacial score (nSPS) is 10.8. The van der Waals surface area contributed by atoms with Gasteiger partial charge in [-0.2, -0.15) is 5.10 Å². The molecule has 0 saturated heterocycles. The summed E-state index contributed by atoms with van der Waals surface area (Å²) in [5.41, 5.74) is 6.61. The van der Waals surface area contributed by atoms with Crippen LogP contribution in [0.4, 0.5) is 0 Å². The molecule has 0 aliphatic rings. The molecule has 2 heterocycles. The van der Waals surface area contributed by atoms with Gasteiger partial charge in [-0.05, 0) is 31.9 Å². The minimum absolute atomic E-state index is 0.188. The van der Waals surface area contributed by atoms with Crippen LogP contribution >= 0.6 is 0 Å². The first kappa shape index (κ1) is 16.9. The van der Waals surface area contributed by atoms with Gasteiger partial charge in [-0.1, -0.05) is 35.9 Å². The predicted molar refractivity (Wildman–Crippen MR) is 99.0 cm³/mol. The molecule has 3 rings (SSSR count). The summed E-state index contributed by atoms with van der Waals surface area (Å²) in [6.07, 6.45) is 4.01. The van der Waals surface area contributed by atoms with Crippen LogP contribution < -0.4 is 5.32 Å². The van der Waals surface area contributed by atoms with Gasteiger partial charge in [-0.15, -0.1) is 6.58 Å². The topological polar surface area (TPSA) is 59.3 Å². The minimum atomic E-state index is -0.188. The number of carbonyl (C=O) groups is 1. The second kappa shape index (κ2) is 6.89. The summed E-state index contributed by atoms with van der Waals surface area (Å²) >= 11 is 0. The standard InChI is InChI=1S/C20H22N4O/c1-5-10-21-20(25)18-12-22-24-15(4)17(14(3)23-19(18)24)11-16-8-6-13(2)7-9-16/h5-9,12H,1,10-11H2,2-4H3,(H,21,25). The van der Waals surface area contributed by atoms with E-state index in [2.05, 4.69) is 53.2 Å². The van der Waals surface area contributed by atoms with Crippen molar-refractivity contribution in [1.82, 2.24) is 19.9 Å². The van der Waals surface area contributed by atoms with Gasteiger partial charge in [0.1, 0.15) is 5.56 Å². The molecule has 0 fully saturated rings. The van der Waals surface area contributed by atoms with Gasteiger partial charge in [0.05, 0.1) is 6.20 Å². The van der Waals surface area contributed by atoms with E-state index in [0.717, 1.165) is 23.4 Å². The molecule has 5 heteroatoms. The Labute approximate surface area is 147 Å². The van der Waals surface area contributed by atoms with Crippen LogP contribution in [0.2, 0.25) is 0 Å². The molecule has 128 valence electrons. The van der Waals surface area contributed by atoms with E-state index in [9.17, 15) is 4.79 Å².